The highest BCUT2D eigenvalue weighted by molar-refractivity contribution is 5.80. The van der Waals surface area contributed by atoms with E-state index in [1.165, 1.54) is 42.4 Å². The maximum Gasteiger partial charge on any atom is 0.191 e. The van der Waals surface area contributed by atoms with Gasteiger partial charge in [0.15, 0.2) is 5.96 Å². The number of hydrogen-bond acceptors (Lipinski definition) is 3. The quantitative estimate of drug-likeness (QED) is 0.627. The van der Waals surface area contributed by atoms with Gasteiger partial charge in [0.1, 0.15) is 0 Å². The van der Waals surface area contributed by atoms with Gasteiger partial charge in [0.2, 0.25) is 0 Å². The molecule has 1 aliphatic carbocycles. The number of methoxy groups -OCH3 is 1. The van der Waals surface area contributed by atoms with E-state index in [1.54, 1.807) is 7.11 Å². The van der Waals surface area contributed by atoms with Crippen LogP contribution in [-0.4, -0.2) is 45.5 Å². The third-order valence-electron chi connectivity index (χ3n) is 5.86. The second kappa shape index (κ2) is 8.87. The number of aliphatic imine (C=N–C) groups is 1. The van der Waals surface area contributed by atoms with Gasteiger partial charge in [-0.15, -0.1) is 0 Å². The lowest BCUT2D eigenvalue weighted by molar-refractivity contribution is -0.0855. The zero-order valence-corrected chi connectivity index (χ0v) is 16.4. The van der Waals surface area contributed by atoms with Gasteiger partial charge in [-0.05, 0) is 49.3 Å². The Labute approximate surface area is 157 Å². The van der Waals surface area contributed by atoms with E-state index in [-0.39, 0.29) is 11.6 Å². The van der Waals surface area contributed by atoms with Crippen LogP contribution in [0.15, 0.2) is 23.2 Å². The van der Waals surface area contributed by atoms with Gasteiger partial charge in [-0.3, -0.25) is 4.99 Å². The highest BCUT2D eigenvalue weighted by atomic mass is 16.5. The number of nitrogens with zero attached hydrogens (tertiary/aromatic N) is 1. The molecule has 1 fully saturated rings. The van der Waals surface area contributed by atoms with Crippen LogP contribution < -0.4 is 10.6 Å². The Hall–Kier alpha value is -1.59. The number of aryl methyl sites for hydroxylation is 2. The molecular weight excluding hydrogens is 326 g/mol. The molecule has 2 N–H and O–H groups in total. The predicted molar refractivity (Wildman–Crippen MR) is 106 cm³/mol. The third kappa shape index (κ3) is 4.57. The Morgan fingerprint density at radius 1 is 1.23 bits per heavy atom. The first kappa shape index (κ1) is 19.2. The molecule has 1 saturated heterocycles. The fraction of sp³-hybridized carbons (Fsp3) is 0.667. The lowest BCUT2D eigenvalue weighted by Crippen LogP contribution is -2.51. The summed E-state index contributed by atoms with van der Waals surface area (Å²) in [6.07, 6.45) is 6.89. The third-order valence-corrected chi connectivity index (χ3v) is 5.86. The van der Waals surface area contributed by atoms with Crippen LogP contribution >= 0.6 is 0 Å². The van der Waals surface area contributed by atoms with Gasteiger partial charge in [-0.25, -0.2) is 0 Å². The van der Waals surface area contributed by atoms with Gasteiger partial charge in [0.05, 0.1) is 11.6 Å². The first-order valence-electron chi connectivity index (χ1n) is 9.87. The van der Waals surface area contributed by atoms with Crippen molar-refractivity contribution in [3.63, 3.8) is 0 Å². The molecule has 0 spiro atoms. The summed E-state index contributed by atoms with van der Waals surface area (Å²) >= 11 is 0. The van der Waals surface area contributed by atoms with Crippen molar-refractivity contribution >= 4 is 5.96 Å². The van der Waals surface area contributed by atoms with Crippen molar-refractivity contribution in [1.29, 1.82) is 0 Å². The second-order valence-electron chi connectivity index (χ2n) is 7.53. The standard InChI is InChI=1S/C21H33N3O2/c1-16(18-9-8-17-6-4-5-7-19(17)14-18)24-20(22-2)23-15-21(25-3)10-12-26-13-11-21/h8-9,14,16H,4-7,10-13,15H2,1-3H3,(H2,22,23,24). The Kier molecular flexibility index (Phi) is 6.54. The van der Waals surface area contributed by atoms with E-state index in [2.05, 4.69) is 40.7 Å². The molecule has 5 nitrogen and oxygen atoms in total. The van der Waals surface area contributed by atoms with Crippen LogP contribution in [-0.2, 0) is 22.3 Å². The molecule has 1 aliphatic heterocycles. The number of nitrogens with one attached hydrogen (secondary N) is 2. The molecular formula is C21H33N3O2. The summed E-state index contributed by atoms with van der Waals surface area (Å²) in [6, 6.07) is 7.14. The fourth-order valence-corrected chi connectivity index (χ4v) is 3.95. The molecule has 2 aliphatic rings. The second-order valence-corrected chi connectivity index (χ2v) is 7.53. The Bertz CT molecular complexity index is 624. The average molecular weight is 360 g/mol. The van der Waals surface area contributed by atoms with Crippen LogP contribution in [0.5, 0.6) is 0 Å². The minimum absolute atomic E-state index is 0.162. The van der Waals surface area contributed by atoms with Gasteiger partial charge in [-0.1, -0.05) is 18.2 Å². The molecule has 1 aromatic rings. The molecule has 0 radical (unpaired) electrons. The van der Waals surface area contributed by atoms with E-state index >= 15 is 0 Å². The normalized spacial score (nSPS) is 21.0. The number of rotatable bonds is 5. The highest BCUT2D eigenvalue weighted by Gasteiger charge is 2.32. The minimum Gasteiger partial charge on any atom is -0.381 e. The summed E-state index contributed by atoms with van der Waals surface area (Å²) in [5.41, 5.74) is 4.20. The number of fused-ring (bicyclic) bond motifs is 1. The number of guanidine groups is 1. The van der Waals surface area contributed by atoms with Crippen LogP contribution in [0.4, 0.5) is 0 Å². The van der Waals surface area contributed by atoms with Gasteiger partial charge in [0, 0.05) is 46.8 Å². The van der Waals surface area contributed by atoms with E-state index in [9.17, 15) is 0 Å². The molecule has 0 amide bonds. The number of hydrogen-bond donors (Lipinski definition) is 2. The number of ether oxygens (including phenoxy) is 2. The summed E-state index contributed by atoms with van der Waals surface area (Å²) in [6.45, 7) is 4.45. The molecule has 26 heavy (non-hydrogen) atoms. The highest BCUT2D eigenvalue weighted by Crippen LogP contribution is 2.25. The molecule has 1 unspecified atom stereocenters. The van der Waals surface area contributed by atoms with Gasteiger partial charge in [0.25, 0.3) is 0 Å². The maximum atomic E-state index is 5.80. The molecule has 1 heterocycles. The Morgan fingerprint density at radius 2 is 1.96 bits per heavy atom. The molecule has 144 valence electrons. The molecule has 0 saturated carbocycles. The van der Waals surface area contributed by atoms with Crippen molar-refractivity contribution in [3.8, 4) is 0 Å². The smallest absolute Gasteiger partial charge is 0.191 e. The number of benzene rings is 1. The lowest BCUT2D eigenvalue weighted by atomic mass is 9.89. The van der Waals surface area contributed by atoms with Crippen molar-refractivity contribution in [2.24, 2.45) is 4.99 Å². The molecule has 5 heteroatoms. The Balaban J connectivity index is 1.59. The molecule has 1 atom stereocenters. The van der Waals surface area contributed by atoms with Crippen LogP contribution in [0.25, 0.3) is 0 Å². The maximum absolute atomic E-state index is 5.80. The average Bonchev–Trinajstić information content (AvgIpc) is 2.71. The molecule has 3 rings (SSSR count). The molecule has 0 aromatic heterocycles. The van der Waals surface area contributed by atoms with Crippen molar-refractivity contribution in [2.45, 2.75) is 57.1 Å². The fourth-order valence-electron chi connectivity index (χ4n) is 3.95. The summed E-state index contributed by atoms with van der Waals surface area (Å²) in [5, 5.41) is 6.97. The zero-order valence-electron chi connectivity index (χ0n) is 16.4. The molecule has 0 bridgehead atoms. The van der Waals surface area contributed by atoms with Crippen LogP contribution in [0.3, 0.4) is 0 Å². The largest absolute Gasteiger partial charge is 0.381 e. The lowest BCUT2D eigenvalue weighted by Gasteiger charge is -2.36. The van der Waals surface area contributed by atoms with Crippen molar-refractivity contribution in [2.75, 3.05) is 33.9 Å². The van der Waals surface area contributed by atoms with Crippen LogP contribution in [0, 0.1) is 0 Å². The van der Waals surface area contributed by atoms with Gasteiger partial charge >= 0.3 is 0 Å². The summed E-state index contributed by atoms with van der Waals surface area (Å²) < 4.78 is 11.3. The van der Waals surface area contributed by atoms with Crippen molar-refractivity contribution in [3.05, 3.63) is 34.9 Å². The topological polar surface area (TPSA) is 54.9 Å². The first-order valence-corrected chi connectivity index (χ1v) is 9.87. The predicted octanol–water partition coefficient (Wildman–Crippen LogP) is 2.99. The molecule has 1 aromatic carbocycles. The van der Waals surface area contributed by atoms with E-state index in [4.69, 9.17) is 9.47 Å². The van der Waals surface area contributed by atoms with Crippen LogP contribution in [0.2, 0.25) is 0 Å². The van der Waals surface area contributed by atoms with Crippen molar-refractivity contribution < 1.29 is 9.47 Å². The monoisotopic (exact) mass is 359 g/mol. The summed E-state index contributed by atoms with van der Waals surface area (Å²) in [5.74, 6) is 0.818. The SMILES string of the molecule is CN=C(NCC1(OC)CCOCC1)NC(C)c1ccc2c(c1)CCCC2. The van der Waals surface area contributed by atoms with Gasteiger partial charge in [-0.2, -0.15) is 0 Å². The summed E-state index contributed by atoms with van der Waals surface area (Å²) in [4.78, 5) is 4.40. The van der Waals surface area contributed by atoms with Crippen LogP contribution in [0.1, 0.15) is 55.3 Å². The first-order chi connectivity index (χ1) is 12.7. The van der Waals surface area contributed by atoms with Crippen molar-refractivity contribution in [1.82, 2.24) is 10.6 Å². The van der Waals surface area contributed by atoms with E-state index in [0.29, 0.717) is 0 Å². The van der Waals surface area contributed by atoms with Gasteiger partial charge < -0.3 is 20.1 Å². The zero-order chi connectivity index (χ0) is 18.4. The van der Waals surface area contributed by atoms with E-state index < -0.39 is 0 Å². The Morgan fingerprint density at radius 3 is 2.65 bits per heavy atom. The summed E-state index contributed by atoms with van der Waals surface area (Å²) in [7, 11) is 3.61. The van der Waals surface area contributed by atoms with E-state index in [0.717, 1.165) is 38.6 Å². The minimum atomic E-state index is -0.162. The van der Waals surface area contributed by atoms with E-state index in [1.807, 2.05) is 7.05 Å².